The molecule has 0 amide bonds. The first-order valence-corrected chi connectivity index (χ1v) is 10.0. The van der Waals surface area contributed by atoms with Gasteiger partial charge in [0.1, 0.15) is 17.5 Å². The van der Waals surface area contributed by atoms with E-state index >= 15 is 0 Å². The molecule has 0 aliphatic heterocycles. The standard InChI is InChI=1S/C22H30N6O/c1-22(2)17(11-19(22)29)14-25-20-16(12-23)13-26-21(27-20)24-10-9-15-5-7-18(8-6-15)28(3)4/h5-8,13,17,19,29H,9-11,14H2,1-4H3,(H2,24,25,26,27)/t17-,19-/m0/s1. The monoisotopic (exact) mass is 394 g/mol. The van der Waals surface area contributed by atoms with E-state index in [1.165, 1.54) is 11.3 Å². The van der Waals surface area contributed by atoms with Gasteiger partial charge in [0, 0.05) is 32.9 Å². The second kappa shape index (κ2) is 8.66. The number of nitrogens with one attached hydrogen (secondary N) is 2. The molecule has 7 nitrogen and oxygen atoms in total. The number of rotatable bonds is 8. The van der Waals surface area contributed by atoms with Crippen LogP contribution in [0.4, 0.5) is 17.5 Å². The molecule has 1 aliphatic rings. The van der Waals surface area contributed by atoms with Crippen molar-refractivity contribution in [1.82, 2.24) is 9.97 Å². The van der Waals surface area contributed by atoms with Crippen molar-refractivity contribution in [3.05, 3.63) is 41.6 Å². The van der Waals surface area contributed by atoms with E-state index < -0.39 is 0 Å². The highest BCUT2D eigenvalue weighted by atomic mass is 16.3. The van der Waals surface area contributed by atoms with Gasteiger partial charge in [-0.05, 0) is 41.9 Å². The first-order chi connectivity index (χ1) is 13.8. The Morgan fingerprint density at radius 2 is 1.97 bits per heavy atom. The minimum absolute atomic E-state index is 0.115. The molecule has 0 bridgehead atoms. The molecule has 7 heteroatoms. The van der Waals surface area contributed by atoms with Gasteiger partial charge in [0.05, 0.1) is 12.3 Å². The van der Waals surface area contributed by atoms with Crippen LogP contribution in [0.15, 0.2) is 30.5 Å². The Morgan fingerprint density at radius 1 is 1.24 bits per heavy atom. The molecule has 1 aromatic carbocycles. The molecule has 1 aromatic heterocycles. The number of hydrogen-bond acceptors (Lipinski definition) is 7. The van der Waals surface area contributed by atoms with Crippen LogP contribution >= 0.6 is 0 Å². The predicted molar refractivity (Wildman–Crippen MR) is 116 cm³/mol. The quantitative estimate of drug-likeness (QED) is 0.633. The molecule has 0 unspecified atom stereocenters. The van der Waals surface area contributed by atoms with E-state index in [2.05, 4.69) is 69.7 Å². The molecule has 1 heterocycles. The van der Waals surface area contributed by atoms with Crippen molar-refractivity contribution in [3.8, 4) is 6.07 Å². The minimum Gasteiger partial charge on any atom is -0.393 e. The van der Waals surface area contributed by atoms with Crippen molar-refractivity contribution in [2.45, 2.75) is 32.8 Å². The van der Waals surface area contributed by atoms with Crippen LogP contribution < -0.4 is 15.5 Å². The van der Waals surface area contributed by atoms with E-state index in [-0.39, 0.29) is 11.5 Å². The second-order valence-electron chi connectivity index (χ2n) is 8.46. The number of benzene rings is 1. The predicted octanol–water partition coefficient (Wildman–Crippen LogP) is 2.89. The lowest BCUT2D eigenvalue weighted by atomic mass is 9.60. The average Bonchev–Trinajstić information content (AvgIpc) is 2.71. The Kier molecular flexibility index (Phi) is 6.23. The summed E-state index contributed by atoms with van der Waals surface area (Å²) in [5, 5.41) is 25.8. The molecule has 0 saturated heterocycles. The van der Waals surface area contributed by atoms with Gasteiger partial charge < -0.3 is 20.6 Å². The summed E-state index contributed by atoms with van der Waals surface area (Å²) in [6.45, 7) is 5.51. The third kappa shape index (κ3) is 4.77. The number of nitriles is 1. The van der Waals surface area contributed by atoms with Crippen molar-refractivity contribution in [2.24, 2.45) is 11.3 Å². The van der Waals surface area contributed by atoms with Gasteiger partial charge in [-0.3, -0.25) is 0 Å². The number of anilines is 3. The number of aromatic nitrogens is 2. The van der Waals surface area contributed by atoms with E-state index in [1.54, 1.807) is 6.20 Å². The first-order valence-electron chi connectivity index (χ1n) is 10.0. The second-order valence-corrected chi connectivity index (χ2v) is 8.46. The van der Waals surface area contributed by atoms with Crippen molar-refractivity contribution in [1.29, 1.82) is 5.26 Å². The van der Waals surface area contributed by atoms with Gasteiger partial charge in [0.25, 0.3) is 0 Å². The zero-order valence-electron chi connectivity index (χ0n) is 17.6. The molecular weight excluding hydrogens is 364 g/mol. The summed E-state index contributed by atoms with van der Waals surface area (Å²) in [5.41, 5.74) is 2.72. The number of aliphatic hydroxyl groups is 1. The van der Waals surface area contributed by atoms with Gasteiger partial charge in [-0.2, -0.15) is 10.2 Å². The van der Waals surface area contributed by atoms with Crippen LogP contribution in [-0.4, -0.2) is 48.4 Å². The van der Waals surface area contributed by atoms with E-state index in [9.17, 15) is 10.4 Å². The van der Waals surface area contributed by atoms with E-state index in [4.69, 9.17) is 0 Å². The molecule has 1 aliphatic carbocycles. The highest BCUT2D eigenvalue weighted by Gasteiger charge is 2.46. The van der Waals surface area contributed by atoms with Crippen LogP contribution in [0.5, 0.6) is 0 Å². The largest absolute Gasteiger partial charge is 0.393 e. The van der Waals surface area contributed by atoms with Gasteiger partial charge in [-0.15, -0.1) is 0 Å². The lowest BCUT2D eigenvalue weighted by Gasteiger charge is -2.49. The molecular formula is C22H30N6O. The smallest absolute Gasteiger partial charge is 0.224 e. The normalized spacial score (nSPS) is 19.7. The highest BCUT2D eigenvalue weighted by Crippen LogP contribution is 2.46. The molecule has 154 valence electrons. The van der Waals surface area contributed by atoms with E-state index in [1.807, 2.05) is 14.1 Å². The summed E-state index contributed by atoms with van der Waals surface area (Å²) in [6, 6.07) is 10.6. The molecule has 1 saturated carbocycles. The van der Waals surface area contributed by atoms with Crippen molar-refractivity contribution in [3.63, 3.8) is 0 Å². The molecule has 2 atom stereocenters. The molecule has 2 aromatic rings. The summed E-state index contributed by atoms with van der Waals surface area (Å²) >= 11 is 0. The molecule has 3 rings (SSSR count). The molecule has 3 N–H and O–H groups in total. The van der Waals surface area contributed by atoms with Crippen LogP contribution in [0.2, 0.25) is 0 Å². The maximum atomic E-state index is 9.90. The Bertz CT molecular complexity index is 872. The van der Waals surface area contributed by atoms with E-state index in [0.717, 1.165) is 12.8 Å². The Morgan fingerprint density at radius 3 is 2.55 bits per heavy atom. The minimum atomic E-state index is -0.265. The molecule has 29 heavy (non-hydrogen) atoms. The highest BCUT2D eigenvalue weighted by molar-refractivity contribution is 5.53. The first kappa shape index (κ1) is 20.9. The van der Waals surface area contributed by atoms with Crippen LogP contribution in [0.1, 0.15) is 31.4 Å². The Labute approximate surface area is 172 Å². The number of aliphatic hydroxyl groups excluding tert-OH is 1. The summed E-state index contributed by atoms with van der Waals surface area (Å²) in [6.07, 6.45) is 2.90. The average molecular weight is 395 g/mol. The summed E-state index contributed by atoms with van der Waals surface area (Å²) < 4.78 is 0. The van der Waals surface area contributed by atoms with Gasteiger partial charge in [0.15, 0.2) is 0 Å². The fourth-order valence-corrected chi connectivity index (χ4v) is 3.52. The zero-order valence-corrected chi connectivity index (χ0v) is 17.6. The summed E-state index contributed by atoms with van der Waals surface area (Å²) in [7, 11) is 4.05. The van der Waals surface area contributed by atoms with Crippen molar-refractivity contribution < 1.29 is 5.11 Å². The maximum absolute atomic E-state index is 9.90. The van der Waals surface area contributed by atoms with Gasteiger partial charge in [-0.1, -0.05) is 26.0 Å². The summed E-state index contributed by atoms with van der Waals surface area (Å²) in [4.78, 5) is 10.8. The van der Waals surface area contributed by atoms with Gasteiger partial charge >= 0.3 is 0 Å². The SMILES string of the molecule is CN(C)c1ccc(CCNc2ncc(C#N)c(NC[C@@H]3C[C@H](O)C3(C)C)n2)cc1. The Balaban J connectivity index is 1.56. The lowest BCUT2D eigenvalue weighted by molar-refractivity contribution is -0.0919. The van der Waals surface area contributed by atoms with Crippen LogP contribution in [-0.2, 0) is 6.42 Å². The third-order valence-electron chi connectivity index (χ3n) is 5.99. The zero-order chi connectivity index (χ0) is 21.0. The third-order valence-corrected chi connectivity index (χ3v) is 5.99. The topological polar surface area (TPSA) is 97.1 Å². The van der Waals surface area contributed by atoms with Gasteiger partial charge in [-0.25, -0.2) is 4.98 Å². The molecule has 0 spiro atoms. The lowest BCUT2D eigenvalue weighted by Crippen LogP contribution is -2.51. The van der Waals surface area contributed by atoms with Crippen LogP contribution in [0, 0.1) is 22.7 Å². The van der Waals surface area contributed by atoms with Crippen molar-refractivity contribution in [2.75, 3.05) is 42.7 Å². The Hall–Kier alpha value is -2.85. The fourth-order valence-electron chi connectivity index (χ4n) is 3.52. The van der Waals surface area contributed by atoms with Crippen LogP contribution in [0.3, 0.4) is 0 Å². The molecule has 0 radical (unpaired) electrons. The maximum Gasteiger partial charge on any atom is 0.224 e. The summed E-state index contributed by atoms with van der Waals surface area (Å²) in [5.74, 6) is 1.39. The van der Waals surface area contributed by atoms with E-state index in [0.29, 0.717) is 36.3 Å². The van der Waals surface area contributed by atoms with Gasteiger partial charge in [0.2, 0.25) is 5.95 Å². The number of nitrogens with zero attached hydrogens (tertiary/aromatic N) is 4. The fraction of sp³-hybridized carbons (Fsp3) is 0.500. The van der Waals surface area contributed by atoms with Crippen LogP contribution in [0.25, 0.3) is 0 Å². The number of hydrogen-bond donors (Lipinski definition) is 3. The van der Waals surface area contributed by atoms with Crippen molar-refractivity contribution >= 4 is 17.5 Å². The molecule has 1 fully saturated rings.